The van der Waals surface area contributed by atoms with Gasteiger partial charge in [-0.05, 0) is 61.2 Å². The Bertz CT molecular complexity index is 1670. The van der Waals surface area contributed by atoms with Gasteiger partial charge in [-0.2, -0.15) is 10.4 Å². The van der Waals surface area contributed by atoms with Crippen molar-refractivity contribution in [3.63, 3.8) is 0 Å². The van der Waals surface area contributed by atoms with Crippen molar-refractivity contribution in [2.75, 3.05) is 41.2 Å². The van der Waals surface area contributed by atoms with Crippen LogP contribution in [0.5, 0.6) is 0 Å². The normalized spacial score (nSPS) is 16.5. The van der Waals surface area contributed by atoms with E-state index in [-0.39, 0.29) is 10.9 Å². The highest BCUT2D eigenvalue weighted by atomic mass is 32.2. The molecule has 2 aliphatic rings. The molecule has 43 heavy (non-hydrogen) atoms. The van der Waals surface area contributed by atoms with Crippen LogP contribution in [0.4, 0.5) is 23.1 Å². The van der Waals surface area contributed by atoms with Crippen molar-refractivity contribution >= 4 is 33.2 Å². The minimum Gasteiger partial charge on any atom is -0.378 e. The second-order valence-electron chi connectivity index (χ2n) is 10.7. The number of pyridine rings is 1. The summed E-state index contributed by atoms with van der Waals surface area (Å²) in [5, 5.41) is 17.1. The lowest BCUT2D eigenvalue weighted by atomic mass is 9.96. The van der Waals surface area contributed by atoms with Crippen molar-refractivity contribution in [1.82, 2.24) is 24.7 Å². The number of nitriles is 1. The number of nitrogens with one attached hydrogen (secondary N) is 2. The number of anilines is 4. The van der Waals surface area contributed by atoms with Crippen molar-refractivity contribution in [2.24, 2.45) is 5.92 Å². The van der Waals surface area contributed by atoms with Gasteiger partial charge in [0.1, 0.15) is 10.7 Å². The smallest absolute Gasteiger partial charge is 0.263 e. The third kappa shape index (κ3) is 6.76. The Morgan fingerprint density at radius 1 is 1.00 bits per heavy atom. The van der Waals surface area contributed by atoms with Gasteiger partial charge in [-0.25, -0.2) is 23.4 Å². The monoisotopic (exact) mass is 599 g/mol. The van der Waals surface area contributed by atoms with Crippen LogP contribution in [-0.4, -0.2) is 59.5 Å². The molecule has 1 unspecified atom stereocenters. The van der Waals surface area contributed by atoms with Crippen molar-refractivity contribution in [1.29, 1.82) is 5.26 Å². The van der Waals surface area contributed by atoms with Gasteiger partial charge in [0.25, 0.3) is 10.0 Å². The lowest BCUT2D eigenvalue weighted by molar-refractivity contribution is 0.122. The molecule has 1 atom stereocenters. The average molecular weight is 600 g/mol. The van der Waals surface area contributed by atoms with Crippen molar-refractivity contribution in [2.45, 2.75) is 43.0 Å². The first-order chi connectivity index (χ1) is 21.0. The van der Waals surface area contributed by atoms with Crippen molar-refractivity contribution in [3.8, 4) is 17.3 Å². The zero-order valence-electron chi connectivity index (χ0n) is 23.6. The summed E-state index contributed by atoms with van der Waals surface area (Å²) in [7, 11) is -3.81. The van der Waals surface area contributed by atoms with E-state index < -0.39 is 10.0 Å². The second kappa shape index (κ2) is 12.8. The van der Waals surface area contributed by atoms with E-state index in [4.69, 9.17) is 4.74 Å². The molecule has 12 nitrogen and oxygen atoms in total. The first-order valence-corrected chi connectivity index (χ1v) is 15.9. The number of morpholine rings is 1. The van der Waals surface area contributed by atoms with Gasteiger partial charge in [0.15, 0.2) is 0 Å². The Kier molecular flexibility index (Phi) is 8.48. The van der Waals surface area contributed by atoms with E-state index in [1.165, 1.54) is 19.0 Å². The number of hydrogen-bond acceptors (Lipinski definition) is 10. The summed E-state index contributed by atoms with van der Waals surface area (Å²) in [4.78, 5) is 15.5. The molecule has 0 radical (unpaired) electrons. The molecule has 0 bridgehead atoms. The molecule has 1 aliphatic heterocycles. The Balaban J connectivity index is 1.09. The Labute approximate surface area is 250 Å². The predicted octanol–water partition coefficient (Wildman–Crippen LogP) is 4.76. The van der Waals surface area contributed by atoms with Crippen LogP contribution in [0.25, 0.3) is 11.3 Å². The lowest BCUT2D eigenvalue weighted by Gasteiger charge is -2.27. The minimum atomic E-state index is -3.81. The standard InChI is InChI=1S/C30H33N9O3S/c31-13-11-28(22-3-1-2-4-22)39-21-23(19-34-39)27-12-14-32-30(36-27)35-24-5-7-25(8-6-24)37-43(40,41)26-9-10-29(33-20-26)38-15-17-42-18-16-38/h5-10,12,14,19-22,28,37H,1-4,11,15-18H2,(H,32,35,36). The Hall–Kier alpha value is -4.54. The Morgan fingerprint density at radius 3 is 2.49 bits per heavy atom. The summed E-state index contributed by atoms with van der Waals surface area (Å²) in [5.74, 6) is 1.60. The topological polar surface area (TPSA) is 151 Å². The number of rotatable bonds is 10. The molecule has 0 spiro atoms. The van der Waals surface area contributed by atoms with E-state index in [2.05, 4.69) is 41.1 Å². The minimum absolute atomic E-state index is 0.0716. The molecular weight excluding hydrogens is 566 g/mol. The van der Waals surface area contributed by atoms with E-state index in [1.54, 1.807) is 48.8 Å². The van der Waals surface area contributed by atoms with E-state index >= 15 is 0 Å². The summed E-state index contributed by atoms with van der Waals surface area (Å²) in [5.41, 5.74) is 2.67. The van der Waals surface area contributed by atoms with Crippen LogP contribution in [-0.2, 0) is 14.8 Å². The Morgan fingerprint density at radius 2 is 1.77 bits per heavy atom. The molecule has 1 saturated heterocycles. The molecule has 2 N–H and O–H groups in total. The van der Waals surface area contributed by atoms with Crippen molar-refractivity contribution in [3.05, 3.63) is 67.3 Å². The molecule has 1 aliphatic carbocycles. The van der Waals surface area contributed by atoms with Gasteiger partial charge in [0.2, 0.25) is 5.95 Å². The molecular formula is C30H33N9O3S. The zero-order chi connectivity index (χ0) is 29.6. The fraction of sp³-hybridized carbons (Fsp3) is 0.367. The second-order valence-corrected chi connectivity index (χ2v) is 12.4. The van der Waals surface area contributed by atoms with Gasteiger partial charge in [0, 0.05) is 48.6 Å². The first kappa shape index (κ1) is 28.6. The lowest BCUT2D eigenvalue weighted by Crippen LogP contribution is -2.36. The van der Waals surface area contributed by atoms with Crippen LogP contribution in [0.1, 0.15) is 38.1 Å². The summed E-state index contributed by atoms with van der Waals surface area (Å²) in [6.07, 6.45) is 11.9. The van der Waals surface area contributed by atoms with Crippen LogP contribution < -0.4 is 14.9 Å². The number of sulfonamides is 1. The van der Waals surface area contributed by atoms with Gasteiger partial charge < -0.3 is 15.0 Å². The number of ether oxygens (including phenoxy) is 1. The van der Waals surface area contributed by atoms with Gasteiger partial charge in [-0.3, -0.25) is 9.40 Å². The highest BCUT2D eigenvalue weighted by Crippen LogP contribution is 2.36. The summed E-state index contributed by atoms with van der Waals surface area (Å²) in [6.45, 7) is 2.70. The molecule has 222 valence electrons. The zero-order valence-corrected chi connectivity index (χ0v) is 24.4. The molecule has 4 aromatic rings. The third-order valence-electron chi connectivity index (χ3n) is 7.90. The average Bonchev–Trinajstić information content (AvgIpc) is 3.75. The van der Waals surface area contributed by atoms with Crippen LogP contribution in [0.2, 0.25) is 0 Å². The number of nitrogens with zero attached hydrogens (tertiary/aromatic N) is 7. The number of aromatic nitrogens is 5. The summed E-state index contributed by atoms with van der Waals surface area (Å²) >= 11 is 0. The van der Waals surface area contributed by atoms with Gasteiger partial charge in [-0.1, -0.05) is 12.8 Å². The first-order valence-electron chi connectivity index (χ1n) is 14.4. The van der Waals surface area contributed by atoms with Gasteiger partial charge >= 0.3 is 0 Å². The molecule has 0 amide bonds. The largest absolute Gasteiger partial charge is 0.378 e. The molecule has 1 saturated carbocycles. The predicted molar refractivity (Wildman–Crippen MR) is 162 cm³/mol. The summed E-state index contributed by atoms with van der Waals surface area (Å²) < 4.78 is 35.8. The molecule has 2 fully saturated rings. The molecule has 3 aromatic heterocycles. The number of hydrogen-bond donors (Lipinski definition) is 2. The third-order valence-corrected chi connectivity index (χ3v) is 9.26. The van der Waals surface area contributed by atoms with E-state index in [0.717, 1.165) is 37.3 Å². The van der Waals surface area contributed by atoms with Gasteiger partial charge in [-0.15, -0.1) is 0 Å². The van der Waals surface area contributed by atoms with E-state index in [9.17, 15) is 13.7 Å². The van der Waals surface area contributed by atoms with Gasteiger partial charge in [0.05, 0.1) is 43.6 Å². The maximum absolute atomic E-state index is 12.9. The maximum atomic E-state index is 12.9. The quantitative estimate of drug-likeness (QED) is 0.261. The fourth-order valence-corrected chi connectivity index (χ4v) is 6.62. The summed E-state index contributed by atoms with van der Waals surface area (Å²) in [6, 6.07) is 14.3. The van der Waals surface area contributed by atoms with Crippen LogP contribution in [0, 0.1) is 17.2 Å². The van der Waals surface area contributed by atoms with Crippen molar-refractivity contribution < 1.29 is 13.2 Å². The SMILES string of the molecule is N#CCC(C1CCCC1)n1cc(-c2ccnc(Nc3ccc(NS(=O)(=O)c4ccc(N5CCOCC5)nc4)cc3)n2)cn1. The number of benzene rings is 1. The van der Waals surface area contributed by atoms with E-state index in [0.29, 0.717) is 48.6 Å². The fourth-order valence-electron chi connectivity index (χ4n) is 5.62. The molecule has 6 rings (SSSR count). The highest BCUT2D eigenvalue weighted by molar-refractivity contribution is 7.92. The molecule has 4 heterocycles. The molecule has 13 heteroatoms. The molecule has 1 aromatic carbocycles. The van der Waals surface area contributed by atoms with E-state index in [1.807, 2.05) is 16.9 Å². The maximum Gasteiger partial charge on any atom is 0.263 e. The highest BCUT2D eigenvalue weighted by Gasteiger charge is 2.27. The van der Waals surface area contributed by atoms with Crippen LogP contribution in [0.3, 0.4) is 0 Å². The van der Waals surface area contributed by atoms with Crippen LogP contribution >= 0.6 is 0 Å². The van der Waals surface area contributed by atoms with Crippen LogP contribution in [0.15, 0.2) is 72.1 Å².